The van der Waals surface area contributed by atoms with Crippen molar-refractivity contribution in [2.45, 2.75) is 89.4 Å². The van der Waals surface area contributed by atoms with E-state index in [1.165, 1.54) is 5.57 Å². The Morgan fingerprint density at radius 1 is 1.17 bits per heavy atom. The highest BCUT2D eigenvalue weighted by atomic mass is 127. The largest absolute Gasteiger partial charge is 0.455 e. The molecule has 0 saturated heterocycles. The van der Waals surface area contributed by atoms with Crippen LogP contribution in [0.15, 0.2) is 47.6 Å². The number of esters is 1. The van der Waals surface area contributed by atoms with Crippen molar-refractivity contribution in [1.29, 1.82) is 0 Å². The SMILES string of the molecule is CCCCC[C@H](O)[C@H](O)/C=C/C1=CC(=C\C=C\[C@@H](O)CCCC(=O)OCI)/CCC1. The molecule has 30 heavy (non-hydrogen) atoms. The van der Waals surface area contributed by atoms with Gasteiger partial charge >= 0.3 is 5.97 Å². The average molecular weight is 532 g/mol. The monoisotopic (exact) mass is 532 g/mol. The first-order valence-electron chi connectivity index (χ1n) is 11.0. The van der Waals surface area contributed by atoms with Crippen molar-refractivity contribution >= 4 is 28.6 Å². The number of hydrogen-bond donors (Lipinski definition) is 3. The Hall–Kier alpha value is -0.960. The number of aliphatic hydroxyl groups excluding tert-OH is 3. The molecule has 0 unspecified atom stereocenters. The molecule has 0 saturated carbocycles. The highest BCUT2D eigenvalue weighted by molar-refractivity contribution is 14.1. The molecule has 3 atom stereocenters. The lowest BCUT2D eigenvalue weighted by atomic mass is 9.94. The summed E-state index contributed by atoms with van der Waals surface area (Å²) in [4.78, 5) is 11.3. The Bertz CT molecular complexity index is 609. The second kappa shape index (κ2) is 16.7. The van der Waals surface area contributed by atoms with E-state index >= 15 is 0 Å². The van der Waals surface area contributed by atoms with Gasteiger partial charge in [-0.3, -0.25) is 4.79 Å². The third-order valence-electron chi connectivity index (χ3n) is 5.05. The predicted molar refractivity (Wildman–Crippen MR) is 129 cm³/mol. The smallest absolute Gasteiger partial charge is 0.306 e. The molecule has 0 amide bonds. The van der Waals surface area contributed by atoms with Crippen LogP contribution in [-0.2, 0) is 9.53 Å². The van der Waals surface area contributed by atoms with Gasteiger partial charge in [0.05, 0.1) is 18.3 Å². The molecule has 0 aromatic rings. The molecule has 1 aliphatic rings. The molecule has 0 aliphatic heterocycles. The summed E-state index contributed by atoms with van der Waals surface area (Å²) in [5.74, 6) is -0.228. The first-order chi connectivity index (χ1) is 14.5. The first kappa shape index (κ1) is 27.1. The summed E-state index contributed by atoms with van der Waals surface area (Å²) in [7, 11) is 0. The zero-order chi connectivity index (χ0) is 22.2. The molecular weight excluding hydrogens is 495 g/mol. The maximum absolute atomic E-state index is 11.3. The number of aliphatic hydroxyl groups is 3. The van der Waals surface area contributed by atoms with Gasteiger partial charge in [0, 0.05) is 6.42 Å². The van der Waals surface area contributed by atoms with Crippen LogP contribution in [0.5, 0.6) is 0 Å². The lowest BCUT2D eigenvalue weighted by molar-refractivity contribution is -0.141. The van der Waals surface area contributed by atoms with Crippen LogP contribution in [-0.4, -0.2) is 44.2 Å². The molecule has 0 aromatic carbocycles. The third-order valence-corrected chi connectivity index (χ3v) is 5.36. The van der Waals surface area contributed by atoms with E-state index in [4.69, 9.17) is 4.74 Å². The van der Waals surface area contributed by atoms with Crippen molar-refractivity contribution in [2.24, 2.45) is 0 Å². The van der Waals surface area contributed by atoms with Gasteiger partial charge in [0.25, 0.3) is 0 Å². The Balaban J connectivity index is 2.47. The normalized spacial score (nSPS) is 19.2. The van der Waals surface area contributed by atoms with Crippen LogP contribution >= 0.6 is 22.6 Å². The number of halogens is 1. The maximum atomic E-state index is 11.3. The zero-order valence-electron chi connectivity index (χ0n) is 18.0. The molecule has 0 spiro atoms. The maximum Gasteiger partial charge on any atom is 0.306 e. The molecule has 1 rings (SSSR count). The number of carbonyl (C=O) groups excluding carboxylic acids is 1. The standard InChI is InChI=1S/C24H37IO5/c1-2-3-4-13-22(27)23(28)16-15-20-9-5-8-19(17-20)10-6-11-21(26)12-7-14-24(29)30-18-25/h6,10-11,15-17,21-23,26-28H,2-5,7-9,12-14,18H2,1H3/b11-6+,16-15+,19-10-/t21-,22+,23-/m1/s1. The number of rotatable bonds is 14. The minimum absolute atomic E-state index is 0.228. The van der Waals surface area contributed by atoms with Crippen molar-refractivity contribution in [2.75, 3.05) is 4.61 Å². The van der Waals surface area contributed by atoms with E-state index in [2.05, 4.69) is 13.0 Å². The van der Waals surface area contributed by atoms with Crippen LogP contribution in [0, 0.1) is 0 Å². The molecule has 0 fully saturated rings. The summed E-state index contributed by atoms with van der Waals surface area (Å²) < 4.78 is 5.22. The molecular formula is C24H37IO5. The van der Waals surface area contributed by atoms with Crippen LogP contribution in [0.4, 0.5) is 0 Å². The molecule has 6 heteroatoms. The number of carbonyl (C=O) groups is 1. The molecule has 170 valence electrons. The van der Waals surface area contributed by atoms with E-state index in [1.54, 1.807) is 12.2 Å². The van der Waals surface area contributed by atoms with Crippen LogP contribution < -0.4 is 0 Å². The molecule has 3 N–H and O–H groups in total. The highest BCUT2D eigenvalue weighted by Gasteiger charge is 2.13. The van der Waals surface area contributed by atoms with Gasteiger partial charge in [-0.25, -0.2) is 0 Å². The van der Waals surface area contributed by atoms with Crippen molar-refractivity contribution in [3.05, 3.63) is 47.6 Å². The van der Waals surface area contributed by atoms with E-state index in [1.807, 2.05) is 40.8 Å². The van der Waals surface area contributed by atoms with Crippen molar-refractivity contribution in [3.8, 4) is 0 Å². The van der Waals surface area contributed by atoms with Crippen molar-refractivity contribution in [3.63, 3.8) is 0 Å². The summed E-state index contributed by atoms with van der Waals surface area (Å²) in [6.07, 6.45) is 17.3. The summed E-state index contributed by atoms with van der Waals surface area (Å²) >= 11 is 1.98. The van der Waals surface area contributed by atoms with Gasteiger partial charge in [0.15, 0.2) is 0 Å². The van der Waals surface area contributed by atoms with Gasteiger partial charge in [-0.1, -0.05) is 62.6 Å². The number of unbranched alkanes of at least 4 members (excludes halogenated alkanes) is 2. The molecule has 0 bridgehead atoms. The van der Waals surface area contributed by atoms with E-state index in [9.17, 15) is 20.1 Å². The van der Waals surface area contributed by atoms with Crippen molar-refractivity contribution < 1.29 is 24.9 Å². The first-order valence-corrected chi connectivity index (χ1v) is 12.5. The number of ether oxygens (including phenoxy) is 1. The fraction of sp³-hybridized carbons (Fsp3) is 0.625. The van der Waals surface area contributed by atoms with Crippen LogP contribution in [0.1, 0.15) is 71.1 Å². The minimum Gasteiger partial charge on any atom is -0.455 e. The summed E-state index contributed by atoms with van der Waals surface area (Å²) in [5.41, 5.74) is 2.31. The lowest BCUT2D eigenvalue weighted by Gasteiger charge is -2.16. The average Bonchev–Trinajstić information content (AvgIpc) is 2.72. The van der Waals surface area contributed by atoms with Crippen LogP contribution in [0.25, 0.3) is 0 Å². The topological polar surface area (TPSA) is 87.0 Å². The number of allylic oxidation sites excluding steroid dienone is 6. The van der Waals surface area contributed by atoms with Gasteiger partial charge < -0.3 is 20.1 Å². The fourth-order valence-electron chi connectivity index (χ4n) is 3.26. The number of alkyl halides is 1. The van der Waals surface area contributed by atoms with E-state index < -0.39 is 18.3 Å². The summed E-state index contributed by atoms with van der Waals surface area (Å²) in [6.45, 7) is 2.12. The zero-order valence-corrected chi connectivity index (χ0v) is 20.2. The lowest BCUT2D eigenvalue weighted by Crippen LogP contribution is -2.23. The Kier molecular flexibility index (Phi) is 15.1. The van der Waals surface area contributed by atoms with Gasteiger partial charge in [-0.05, 0) is 72.3 Å². The van der Waals surface area contributed by atoms with Crippen LogP contribution in [0.2, 0.25) is 0 Å². The Morgan fingerprint density at radius 2 is 1.97 bits per heavy atom. The quantitative estimate of drug-likeness (QED) is 0.128. The Morgan fingerprint density at radius 3 is 2.70 bits per heavy atom. The molecule has 5 nitrogen and oxygen atoms in total. The van der Waals surface area contributed by atoms with Gasteiger partial charge in [-0.2, -0.15) is 0 Å². The highest BCUT2D eigenvalue weighted by Crippen LogP contribution is 2.23. The Labute approximate surface area is 194 Å². The second-order valence-electron chi connectivity index (χ2n) is 7.70. The third kappa shape index (κ3) is 12.7. The van der Waals surface area contributed by atoms with Crippen LogP contribution in [0.3, 0.4) is 0 Å². The van der Waals surface area contributed by atoms with E-state index in [0.717, 1.165) is 44.1 Å². The minimum atomic E-state index is -0.832. The summed E-state index contributed by atoms with van der Waals surface area (Å²) in [5, 5.41) is 30.1. The molecule has 0 aromatic heterocycles. The van der Waals surface area contributed by atoms with E-state index in [-0.39, 0.29) is 5.97 Å². The molecule has 0 radical (unpaired) electrons. The van der Waals surface area contributed by atoms with Gasteiger partial charge in [0.1, 0.15) is 4.61 Å². The summed E-state index contributed by atoms with van der Waals surface area (Å²) in [6, 6.07) is 0. The van der Waals surface area contributed by atoms with E-state index in [0.29, 0.717) is 30.3 Å². The van der Waals surface area contributed by atoms with Gasteiger partial charge in [0.2, 0.25) is 0 Å². The predicted octanol–water partition coefficient (Wildman–Crippen LogP) is 4.90. The van der Waals surface area contributed by atoms with Crippen molar-refractivity contribution in [1.82, 2.24) is 0 Å². The second-order valence-corrected chi connectivity index (χ2v) is 8.32. The molecule has 0 heterocycles. The fourth-order valence-corrected chi connectivity index (χ4v) is 3.61. The number of hydrogen-bond acceptors (Lipinski definition) is 5. The van der Waals surface area contributed by atoms with Gasteiger partial charge in [-0.15, -0.1) is 0 Å². The molecule has 1 aliphatic carbocycles.